The van der Waals surface area contributed by atoms with Gasteiger partial charge < -0.3 is 4.74 Å². The SMILES string of the molecule is CCOC(=O)c1cc(CC)sc1NS(=O)(=O)CCCl. The van der Waals surface area contributed by atoms with E-state index < -0.39 is 16.0 Å². The number of thiophene rings is 1. The second-order valence-corrected chi connectivity index (χ2v) is 7.00. The molecule has 8 heteroatoms. The van der Waals surface area contributed by atoms with Crippen LogP contribution in [0.15, 0.2) is 6.07 Å². The van der Waals surface area contributed by atoms with Crippen LogP contribution in [0.5, 0.6) is 0 Å². The fourth-order valence-corrected chi connectivity index (χ4v) is 4.04. The maximum absolute atomic E-state index is 11.8. The number of nitrogens with one attached hydrogen (secondary N) is 1. The van der Waals surface area contributed by atoms with Crippen molar-refractivity contribution in [3.63, 3.8) is 0 Å². The average Bonchev–Trinajstić information content (AvgIpc) is 2.71. The summed E-state index contributed by atoms with van der Waals surface area (Å²) in [5.74, 6) is -0.728. The summed E-state index contributed by atoms with van der Waals surface area (Å²) in [6.07, 6.45) is 0.717. The summed E-state index contributed by atoms with van der Waals surface area (Å²) in [6, 6.07) is 1.65. The quantitative estimate of drug-likeness (QED) is 0.617. The number of anilines is 1. The minimum absolute atomic E-state index is 0.00389. The molecule has 0 saturated carbocycles. The highest BCUT2D eigenvalue weighted by Gasteiger charge is 2.20. The molecule has 1 aromatic heterocycles. The smallest absolute Gasteiger partial charge is 0.341 e. The first-order chi connectivity index (χ1) is 8.93. The van der Waals surface area contributed by atoms with Gasteiger partial charge in [0.25, 0.3) is 0 Å². The van der Waals surface area contributed by atoms with Crippen LogP contribution in [0, 0.1) is 0 Å². The molecule has 5 nitrogen and oxygen atoms in total. The van der Waals surface area contributed by atoms with E-state index in [1.165, 1.54) is 11.3 Å². The van der Waals surface area contributed by atoms with E-state index in [4.69, 9.17) is 16.3 Å². The standard InChI is InChI=1S/C11H16ClNO4S2/c1-3-8-7-9(11(14)17-4-2)10(18-8)13-19(15,16)6-5-12/h7,13H,3-6H2,1-2H3. The molecule has 1 heterocycles. The van der Waals surface area contributed by atoms with E-state index in [-0.39, 0.29) is 23.8 Å². The van der Waals surface area contributed by atoms with Gasteiger partial charge in [-0.3, -0.25) is 4.72 Å². The number of carbonyl (C=O) groups is 1. The molecule has 0 unspecified atom stereocenters. The minimum Gasteiger partial charge on any atom is -0.462 e. The van der Waals surface area contributed by atoms with Crippen molar-refractivity contribution >= 4 is 43.9 Å². The number of hydrogen-bond acceptors (Lipinski definition) is 5. The molecule has 0 bridgehead atoms. The fourth-order valence-electron chi connectivity index (χ4n) is 1.35. The topological polar surface area (TPSA) is 72.5 Å². The van der Waals surface area contributed by atoms with Crippen molar-refractivity contribution in [3.05, 3.63) is 16.5 Å². The monoisotopic (exact) mass is 325 g/mol. The summed E-state index contributed by atoms with van der Waals surface area (Å²) >= 11 is 6.66. The Labute approximate surface area is 122 Å². The highest BCUT2D eigenvalue weighted by Crippen LogP contribution is 2.30. The fraction of sp³-hybridized carbons (Fsp3) is 0.545. The molecular formula is C11H16ClNO4S2. The van der Waals surface area contributed by atoms with Gasteiger partial charge in [-0.05, 0) is 19.4 Å². The zero-order chi connectivity index (χ0) is 14.5. The lowest BCUT2D eigenvalue weighted by molar-refractivity contribution is 0.0528. The number of carbonyl (C=O) groups excluding carboxylic acids is 1. The molecule has 0 aromatic carbocycles. The van der Waals surface area contributed by atoms with E-state index >= 15 is 0 Å². The highest BCUT2D eigenvalue weighted by molar-refractivity contribution is 7.93. The number of rotatable bonds is 7. The van der Waals surface area contributed by atoms with Gasteiger partial charge in [-0.25, -0.2) is 13.2 Å². The van der Waals surface area contributed by atoms with Crippen LogP contribution in [0.3, 0.4) is 0 Å². The van der Waals surface area contributed by atoms with Gasteiger partial charge in [0.15, 0.2) is 0 Å². The number of ether oxygens (including phenoxy) is 1. The maximum atomic E-state index is 11.8. The van der Waals surface area contributed by atoms with Crippen LogP contribution in [-0.2, 0) is 21.2 Å². The lowest BCUT2D eigenvalue weighted by atomic mass is 10.2. The molecule has 0 fully saturated rings. The normalized spacial score (nSPS) is 11.3. The Kier molecular flexibility index (Phi) is 6.09. The molecule has 1 N–H and O–H groups in total. The Balaban J connectivity index is 3.05. The largest absolute Gasteiger partial charge is 0.462 e. The minimum atomic E-state index is -3.53. The molecule has 19 heavy (non-hydrogen) atoms. The van der Waals surface area contributed by atoms with Crippen LogP contribution in [0.25, 0.3) is 0 Å². The molecule has 0 spiro atoms. The Hall–Kier alpha value is -0.790. The van der Waals surface area contributed by atoms with Gasteiger partial charge in [0.05, 0.1) is 17.9 Å². The Bertz CT molecular complexity index is 539. The van der Waals surface area contributed by atoms with Gasteiger partial charge in [0, 0.05) is 10.8 Å². The Morgan fingerprint density at radius 3 is 2.68 bits per heavy atom. The van der Waals surface area contributed by atoms with Crippen LogP contribution in [0.4, 0.5) is 5.00 Å². The van der Waals surface area contributed by atoms with Crippen molar-refractivity contribution in [2.45, 2.75) is 20.3 Å². The predicted octanol–water partition coefficient (Wildman–Crippen LogP) is 2.47. The molecule has 0 aliphatic rings. The molecule has 0 amide bonds. The summed E-state index contributed by atoms with van der Waals surface area (Å²) in [7, 11) is -3.53. The van der Waals surface area contributed by atoms with Crippen molar-refractivity contribution in [2.75, 3.05) is 23.0 Å². The zero-order valence-corrected chi connectivity index (χ0v) is 13.1. The molecule has 0 saturated heterocycles. The number of esters is 1. The van der Waals surface area contributed by atoms with Gasteiger partial charge in [0.1, 0.15) is 5.00 Å². The molecular weight excluding hydrogens is 310 g/mol. The van der Waals surface area contributed by atoms with Crippen LogP contribution < -0.4 is 4.72 Å². The summed E-state index contributed by atoms with van der Waals surface area (Å²) < 4.78 is 30.7. The molecule has 1 aromatic rings. The third kappa shape index (κ3) is 4.67. The molecule has 0 radical (unpaired) electrons. The molecule has 0 aliphatic carbocycles. The third-order valence-electron chi connectivity index (χ3n) is 2.22. The van der Waals surface area contributed by atoms with E-state index in [2.05, 4.69) is 4.72 Å². The van der Waals surface area contributed by atoms with Crippen molar-refractivity contribution in [1.82, 2.24) is 0 Å². The van der Waals surface area contributed by atoms with Gasteiger partial charge in [0.2, 0.25) is 10.0 Å². The van der Waals surface area contributed by atoms with Crippen LogP contribution in [0.2, 0.25) is 0 Å². The summed E-state index contributed by atoms with van der Waals surface area (Å²) in [4.78, 5) is 12.7. The number of sulfonamides is 1. The Morgan fingerprint density at radius 1 is 1.47 bits per heavy atom. The second kappa shape index (κ2) is 7.12. The Morgan fingerprint density at radius 2 is 2.16 bits per heavy atom. The molecule has 108 valence electrons. The van der Waals surface area contributed by atoms with Gasteiger partial charge in [-0.15, -0.1) is 22.9 Å². The molecule has 0 aliphatic heterocycles. The van der Waals surface area contributed by atoms with Gasteiger partial charge in [-0.2, -0.15) is 0 Å². The number of aryl methyl sites for hydroxylation is 1. The summed E-state index contributed by atoms with van der Waals surface area (Å²) in [5, 5.41) is 0.292. The lowest BCUT2D eigenvalue weighted by Crippen LogP contribution is -2.18. The van der Waals surface area contributed by atoms with E-state index in [9.17, 15) is 13.2 Å². The van der Waals surface area contributed by atoms with Gasteiger partial charge >= 0.3 is 5.97 Å². The number of halogens is 1. The van der Waals surface area contributed by atoms with E-state index in [0.717, 1.165) is 4.88 Å². The molecule has 1 rings (SSSR count). The first-order valence-corrected chi connectivity index (χ1v) is 8.80. The zero-order valence-electron chi connectivity index (χ0n) is 10.7. The lowest BCUT2D eigenvalue weighted by Gasteiger charge is -2.06. The van der Waals surface area contributed by atoms with Crippen molar-refractivity contribution in [3.8, 4) is 0 Å². The van der Waals surface area contributed by atoms with E-state index in [1.54, 1.807) is 13.0 Å². The van der Waals surface area contributed by atoms with Gasteiger partial charge in [-0.1, -0.05) is 6.92 Å². The maximum Gasteiger partial charge on any atom is 0.341 e. The summed E-state index contributed by atoms with van der Waals surface area (Å²) in [6.45, 7) is 3.87. The predicted molar refractivity (Wildman–Crippen MR) is 77.8 cm³/mol. The average molecular weight is 326 g/mol. The third-order valence-corrected chi connectivity index (χ3v) is 5.21. The van der Waals surface area contributed by atoms with Crippen LogP contribution >= 0.6 is 22.9 Å². The number of alkyl halides is 1. The van der Waals surface area contributed by atoms with Crippen molar-refractivity contribution in [1.29, 1.82) is 0 Å². The van der Waals surface area contributed by atoms with E-state index in [1.807, 2.05) is 6.92 Å². The summed E-state index contributed by atoms with van der Waals surface area (Å²) in [5.41, 5.74) is 0.252. The van der Waals surface area contributed by atoms with E-state index in [0.29, 0.717) is 11.4 Å². The van der Waals surface area contributed by atoms with Crippen molar-refractivity contribution < 1.29 is 17.9 Å². The molecule has 0 atom stereocenters. The highest BCUT2D eigenvalue weighted by atomic mass is 35.5. The number of hydrogen-bond donors (Lipinski definition) is 1. The van der Waals surface area contributed by atoms with Crippen LogP contribution in [-0.4, -0.2) is 32.6 Å². The van der Waals surface area contributed by atoms with Crippen molar-refractivity contribution in [2.24, 2.45) is 0 Å². The van der Waals surface area contributed by atoms with Crippen LogP contribution in [0.1, 0.15) is 29.1 Å². The first kappa shape index (κ1) is 16.3. The first-order valence-electron chi connectivity index (χ1n) is 5.79. The second-order valence-electron chi connectivity index (χ2n) is 3.64.